The fourth-order valence-electron chi connectivity index (χ4n) is 1.75. The zero-order valence-corrected chi connectivity index (χ0v) is 7.36. The van der Waals surface area contributed by atoms with Gasteiger partial charge < -0.3 is 4.74 Å². The molecule has 0 N–H and O–H groups in total. The van der Waals surface area contributed by atoms with Crippen LogP contribution in [-0.2, 0) is 4.74 Å². The second-order valence-corrected chi connectivity index (χ2v) is 3.47. The van der Waals surface area contributed by atoms with Crippen LogP contribution in [0.3, 0.4) is 0 Å². The Hall–Kier alpha value is -0.820. The Kier molecular flexibility index (Phi) is 2.13. The Bertz CT molecular complexity index is 242. The first-order valence-electron chi connectivity index (χ1n) is 4.45. The molecule has 64 valence electrons. The van der Waals surface area contributed by atoms with Crippen LogP contribution in [0, 0.1) is 5.92 Å². The van der Waals surface area contributed by atoms with Crippen LogP contribution in [0.2, 0.25) is 0 Å². The SMILES string of the molecule is COC[C@H]1C[C@@H]1c1ccccc1. The molecule has 0 spiro atoms. The van der Waals surface area contributed by atoms with E-state index in [0.717, 1.165) is 18.4 Å². The van der Waals surface area contributed by atoms with Crippen molar-refractivity contribution in [1.29, 1.82) is 0 Å². The summed E-state index contributed by atoms with van der Waals surface area (Å²) in [6.45, 7) is 0.916. The molecule has 1 aromatic carbocycles. The van der Waals surface area contributed by atoms with Gasteiger partial charge in [0.25, 0.3) is 0 Å². The largest absolute Gasteiger partial charge is 0.384 e. The molecule has 0 aromatic heterocycles. The average Bonchev–Trinajstić information content (AvgIpc) is 2.87. The van der Waals surface area contributed by atoms with Gasteiger partial charge in [-0.05, 0) is 23.8 Å². The van der Waals surface area contributed by atoms with E-state index < -0.39 is 0 Å². The molecule has 1 fully saturated rings. The number of methoxy groups -OCH3 is 1. The van der Waals surface area contributed by atoms with Gasteiger partial charge in [0.1, 0.15) is 0 Å². The van der Waals surface area contributed by atoms with E-state index in [2.05, 4.69) is 30.3 Å². The van der Waals surface area contributed by atoms with Gasteiger partial charge >= 0.3 is 0 Å². The molecule has 1 nitrogen and oxygen atoms in total. The highest BCUT2D eigenvalue weighted by Gasteiger charge is 2.37. The minimum atomic E-state index is 0.770. The van der Waals surface area contributed by atoms with Crippen LogP contribution in [0.4, 0.5) is 0 Å². The highest BCUT2D eigenvalue weighted by atomic mass is 16.5. The Morgan fingerprint density at radius 3 is 2.75 bits per heavy atom. The molecule has 0 radical (unpaired) electrons. The topological polar surface area (TPSA) is 9.23 Å². The fourth-order valence-corrected chi connectivity index (χ4v) is 1.75. The third-order valence-corrected chi connectivity index (χ3v) is 2.53. The maximum atomic E-state index is 5.12. The molecular formula is C11H14O. The summed E-state index contributed by atoms with van der Waals surface area (Å²) in [5, 5.41) is 0. The predicted octanol–water partition coefficient (Wildman–Crippen LogP) is 2.44. The maximum absolute atomic E-state index is 5.12. The van der Waals surface area contributed by atoms with Crippen molar-refractivity contribution in [3.8, 4) is 0 Å². The lowest BCUT2D eigenvalue weighted by molar-refractivity contribution is 0.184. The van der Waals surface area contributed by atoms with E-state index in [1.165, 1.54) is 12.0 Å². The van der Waals surface area contributed by atoms with E-state index in [-0.39, 0.29) is 0 Å². The summed E-state index contributed by atoms with van der Waals surface area (Å²) in [4.78, 5) is 0. The summed E-state index contributed by atoms with van der Waals surface area (Å²) in [5.41, 5.74) is 1.47. The molecule has 0 unspecified atom stereocenters. The van der Waals surface area contributed by atoms with Crippen LogP contribution >= 0.6 is 0 Å². The summed E-state index contributed by atoms with van der Waals surface area (Å²) in [6, 6.07) is 10.7. The van der Waals surface area contributed by atoms with E-state index >= 15 is 0 Å². The molecule has 1 aromatic rings. The average molecular weight is 162 g/mol. The monoisotopic (exact) mass is 162 g/mol. The van der Waals surface area contributed by atoms with Crippen LogP contribution < -0.4 is 0 Å². The standard InChI is InChI=1S/C11H14O/c1-12-8-10-7-11(10)9-5-3-2-4-6-9/h2-6,10-11H,7-8H2,1H3/t10-,11-/m1/s1. The van der Waals surface area contributed by atoms with Crippen molar-refractivity contribution in [2.45, 2.75) is 12.3 Å². The van der Waals surface area contributed by atoms with E-state index in [1.54, 1.807) is 7.11 Å². The highest BCUT2D eigenvalue weighted by Crippen LogP contribution is 2.47. The number of ether oxygens (including phenoxy) is 1. The van der Waals surface area contributed by atoms with Crippen LogP contribution in [0.1, 0.15) is 17.9 Å². The lowest BCUT2D eigenvalue weighted by atomic mass is 10.1. The van der Waals surface area contributed by atoms with Crippen molar-refractivity contribution in [2.75, 3.05) is 13.7 Å². The Labute approximate surface area is 73.4 Å². The van der Waals surface area contributed by atoms with Crippen LogP contribution in [0.25, 0.3) is 0 Å². The minimum absolute atomic E-state index is 0.770. The van der Waals surface area contributed by atoms with Gasteiger partial charge in [-0.15, -0.1) is 0 Å². The van der Waals surface area contributed by atoms with Gasteiger partial charge in [-0.3, -0.25) is 0 Å². The highest BCUT2D eigenvalue weighted by molar-refractivity contribution is 5.25. The minimum Gasteiger partial charge on any atom is -0.384 e. The van der Waals surface area contributed by atoms with E-state index in [4.69, 9.17) is 4.74 Å². The molecule has 0 aliphatic heterocycles. The van der Waals surface area contributed by atoms with Crippen molar-refractivity contribution in [1.82, 2.24) is 0 Å². The Morgan fingerprint density at radius 1 is 1.33 bits per heavy atom. The van der Waals surface area contributed by atoms with Crippen LogP contribution in [0.15, 0.2) is 30.3 Å². The molecule has 1 aliphatic carbocycles. The smallest absolute Gasteiger partial charge is 0.0496 e. The molecule has 0 saturated heterocycles. The van der Waals surface area contributed by atoms with E-state index in [9.17, 15) is 0 Å². The van der Waals surface area contributed by atoms with Crippen molar-refractivity contribution >= 4 is 0 Å². The molecule has 0 bridgehead atoms. The quantitative estimate of drug-likeness (QED) is 0.663. The molecule has 1 aliphatic rings. The maximum Gasteiger partial charge on any atom is 0.0496 e. The first-order chi connectivity index (χ1) is 5.92. The number of hydrogen-bond acceptors (Lipinski definition) is 1. The number of benzene rings is 1. The molecule has 2 atom stereocenters. The third kappa shape index (κ3) is 1.51. The van der Waals surface area contributed by atoms with Crippen molar-refractivity contribution in [3.63, 3.8) is 0 Å². The molecular weight excluding hydrogens is 148 g/mol. The van der Waals surface area contributed by atoms with Gasteiger partial charge in [0.05, 0.1) is 0 Å². The van der Waals surface area contributed by atoms with Gasteiger partial charge in [-0.25, -0.2) is 0 Å². The van der Waals surface area contributed by atoms with Crippen molar-refractivity contribution < 1.29 is 4.74 Å². The normalized spacial score (nSPS) is 27.1. The van der Waals surface area contributed by atoms with Gasteiger partial charge in [0.15, 0.2) is 0 Å². The number of hydrogen-bond donors (Lipinski definition) is 0. The van der Waals surface area contributed by atoms with Gasteiger partial charge in [-0.1, -0.05) is 30.3 Å². The summed E-state index contributed by atoms with van der Waals surface area (Å²) in [6.07, 6.45) is 1.30. The second-order valence-electron chi connectivity index (χ2n) is 3.47. The lowest BCUT2D eigenvalue weighted by Gasteiger charge is -1.98. The van der Waals surface area contributed by atoms with Crippen molar-refractivity contribution in [3.05, 3.63) is 35.9 Å². The molecule has 0 heterocycles. The van der Waals surface area contributed by atoms with Crippen molar-refractivity contribution in [2.24, 2.45) is 5.92 Å². The Morgan fingerprint density at radius 2 is 2.08 bits per heavy atom. The summed E-state index contributed by atoms with van der Waals surface area (Å²) in [5.74, 6) is 1.54. The predicted molar refractivity (Wildman–Crippen MR) is 49.2 cm³/mol. The lowest BCUT2D eigenvalue weighted by Crippen LogP contribution is -1.92. The summed E-state index contributed by atoms with van der Waals surface area (Å²) >= 11 is 0. The number of rotatable bonds is 3. The first-order valence-corrected chi connectivity index (χ1v) is 4.45. The molecule has 2 rings (SSSR count). The van der Waals surface area contributed by atoms with Crippen LogP contribution in [-0.4, -0.2) is 13.7 Å². The van der Waals surface area contributed by atoms with Crippen LogP contribution in [0.5, 0.6) is 0 Å². The summed E-state index contributed by atoms with van der Waals surface area (Å²) in [7, 11) is 1.78. The van der Waals surface area contributed by atoms with Gasteiger partial charge in [0, 0.05) is 13.7 Å². The molecule has 1 saturated carbocycles. The Balaban J connectivity index is 1.97. The third-order valence-electron chi connectivity index (χ3n) is 2.53. The zero-order valence-electron chi connectivity index (χ0n) is 7.36. The van der Waals surface area contributed by atoms with E-state index in [1.807, 2.05) is 0 Å². The molecule has 0 amide bonds. The second kappa shape index (κ2) is 3.28. The molecule has 1 heteroatoms. The first kappa shape index (κ1) is 7.81. The summed E-state index contributed by atoms with van der Waals surface area (Å²) < 4.78 is 5.12. The van der Waals surface area contributed by atoms with Gasteiger partial charge in [-0.2, -0.15) is 0 Å². The molecule has 12 heavy (non-hydrogen) atoms. The zero-order chi connectivity index (χ0) is 8.39. The van der Waals surface area contributed by atoms with Gasteiger partial charge in [0.2, 0.25) is 0 Å². The van der Waals surface area contributed by atoms with E-state index in [0.29, 0.717) is 0 Å². The fraction of sp³-hybridized carbons (Fsp3) is 0.455.